The number of hydrogen-bond donors (Lipinski definition) is 2. The van der Waals surface area contributed by atoms with Crippen LogP contribution in [0.4, 0.5) is 0 Å². The summed E-state index contributed by atoms with van der Waals surface area (Å²) in [5.74, 6) is 0.139. The van der Waals surface area contributed by atoms with Gasteiger partial charge in [-0.3, -0.25) is 9.59 Å². The van der Waals surface area contributed by atoms with E-state index in [-0.39, 0.29) is 18.4 Å². The van der Waals surface area contributed by atoms with Crippen molar-refractivity contribution in [1.82, 2.24) is 10.6 Å². The van der Waals surface area contributed by atoms with Crippen molar-refractivity contribution in [2.45, 2.75) is 12.8 Å². The van der Waals surface area contributed by atoms with Crippen LogP contribution in [0, 0.1) is 0 Å². The Morgan fingerprint density at radius 2 is 1.67 bits per heavy atom. The van der Waals surface area contributed by atoms with Gasteiger partial charge in [-0.15, -0.1) is 0 Å². The highest BCUT2D eigenvalue weighted by Gasteiger charge is 2.10. The van der Waals surface area contributed by atoms with E-state index < -0.39 is 0 Å². The smallest absolute Gasteiger partial charge is 0.252 e. The lowest BCUT2D eigenvalue weighted by molar-refractivity contribution is -0.121. The molecule has 0 aliphatic heterocycles. The van der Waals surface area contributed by atoms with E-state index in [1.165, 1.54) is 6.07 Å². The predicted octanol–water partition coefficient (Wildman–Crippen LogP) is 4.35. The number of para-hydroxylation sites is 1. The Labute approximate surface area is 172 Å². The van der Waals surface area contributed by atoms with Crippen LogP contribution in [0.2, 0.25) is 15.1 Å². The number of rotatable bonds is 9. The van der Waals surface area contributed by atoms with E-state index in [0.717, 1.165) is 0 Å². The Hall–Kier alpha value is -1.95. The average molecular weight is 430 g/mol. The number of nitrogens with one attached hydrogen (secondary N) is 2. The molecular formula is C19H19Cl3N2O3. The minimum atomic E-state index is -0.343. The second-order valence-corrected chi connectivity index (χ2v) is 6.86. The fraction of sp³-hybridized carbons (Fsp3) is 0.263. The molecule has 0 radical (unpaired) electrons. The molecule has 0 aliphatic rings. The number of ether oxygens (including phenoxy) is 1. The number of amides is 2. The molecule has 0 fully saturated rings. The molecule has 0 aliphatic carbocycles. The van der Waals surface area contributed by atoms with Crippen molar-refractivity contribution in [2.75, 3.05) is 19.7 Å². The van der Waals surface area contributed by atoms with E-state index in [4.69, 9.17) is 39.5 Å². The maximum absolute atomic E-state index is 12.0. The monoisotopic (exact) mass is 428 g/mol. The summed E-state index contributed by atoms with van der Waals surface area (Å²) in [6.45, 7) is 0.985. The van der Waals surface area contributed by atoms with Crippen molar-refractivity contribution in [1.29, 1.82) is 0 Å². The van der Waals surface area contributed by atoms with Gasteiger partial charge < -0.3 is 15.4 Å². The quantitative estimate of drug-likeness (QED) is 0.582. The number of halogens is 3. The second-order valence-electron chi connectivity index (χ2n) is 5.61. The summed E-state index contributed by atoms with van der Waals surface area (Å²) in [4.78, 5) is 23.8. The highest BCUT2D eigenvalue weighted by atomic mass is 35.5. The van der Waals surface area contributed by atoms with E-state index >= 15 is 0 Å². The van der Waals surface area contributed by atoms with Crippen LogP contribution < -0.4 is 15.4 Å². The molecule has 2 aromatic rings. The number of hydrogen-bond acceptors (Lipinski definition) is 3. The van der Waals surface area contributed by atoms with E-state index in [1.807, 2.05) is 12.1 Å². The summed E-state index contributed by atoms with van der Waals surface area (Å²) in [5.41, 5.74) is 0.298. The van der Waals surface area contributed by atoms with Crippen molar-refractivity contribution < 1.29 is 14.3 Å². The first-order chi connectivity index (χ1) is 13.0. The summed E-state index contributed by atoms with van der Waals surface area (Å²) in [5, 5.41) is 6.70. The highest BCUT2D eigenvalue weighted by Crippen LogP contribution is 2.23. The molecule has 0 saturated heterocycles. The second kappa shape index (κ2) is 11.0. The van der Waals surface area contributed by atoms with Gasteiger partial charge in [-0.2, -0.15) is 0 Å². The first kappa shape index (κ1) is 21.4. The topological polar surface area (TPSA) is 67.4 Å². The molecule has 2 aromatic carbocycles. The lowest BCUT2D eigenvalue weighted by Crippen LogP contribution is -2.34. The molecular weight excluding hydrogens is 411 g/mol. The van der Waals surface area contributed by atoms with Crippen LogP contribution in [0.1, 0.15) is 23.2 Å². The summed E-state index contributed by atoms with van der Waals surface area (Å²) in [6, 6.07) is 11.8. The Balaban J connectivity index is 1.60. The summed E-state index contributed by atoms with van der Waals surface area (Å²) in [6.07, 6.45) is 0.875. The Morgan fingerprint density at radius 1 is 0.926 bits per heavy atom. The normalized spacial score (nSPS) is 10.3. The van der Waals surface area contributed by atoms with Gasteiger partial charge in [0.1, 0.15) is 5.75 Å². The first-order valence-electron chi connectivity index (χ1n) is 8.34. The van der Waals surface area contributed by atoms with Crippen LogP contribution in [-0.2, 0) is 4.79 Å². The molecule has 0 atom stereocenters. The van der Waals surface area contributed by atoms with Crippen LogP contribution in [0.25, 0.3) is 0 Å². The van der Waals surface area contributed by atoms with Gasteiger partial charge in [0.2, 0.25) is 5.91 Å². The lowest BCUT2D eigenvalue weighted by atomic mass is 10.2. The van der Waals surface area contributed by atoms with Gasteiger partial charge in [-0.1, -0.05) is 46.9 Å². The van der Waals surface area contributed by atoms with Gasteiger partial charge in [-0.25, -0.2) is 0 Å². The fourth-order valence-corrected chi connectivity index (χ4v) is 2.78. The molecule has 2 rings (SSSR count). The van der Waals surface area contributed by atoms with Crippen LogP contribution >= 0.6 is 34.8 Å². The van der Waals surface area contributed by atoms with Crippen molar-refractivity contribution >= 4 is 46.6 Å². The molecule has 8 heteroatoms. The largest absolute Gasteiger partial charge is 0.492 e. The SMILES string of the molecule is O=C(CCCOc1ccccc1Cl)NCCNC(=O)c1cc(Cl)ccc1Cl. The standard InChI is InChI=1S/C19H19Cl3N2O3/c20-13-7-8-15(21)14(12-13)19(26)24-10-9-23-18(25)6-3-11-27-17-5-2-1-4-16(17)22/h1-2,4-5,7-8,12H,3,6,9-11H2,(H,23,25)(H,24,26). The minimum Gasteiger partial charge on any atom is -0.492 e. The van der Waals surface area contributed by atoms with E-state index in [9.17, 15) is 9.59 Å². The molecule has 0 heterocycles. The van der Waals surface area contributed by atoms with Gasteiger partial charge in [0.05, 0.1) is 22.2 Å². The summed E-state index contributed by atoms with van der Waals surface area (Å²) >= 11 is 17.8. The maximum atomic E-state index is 12.0. The van der Waals surface area contributed by atoms with Gasteiger partial charge in [0.25, 0.3) is 5.91 Å². The third-order valence-corrected chi connectivity index (χ3v) is 4.43. The van der Waals surface area contributed by atoms with Gasteiger partial charge in [-0.05, 0) is 36.8 Å². The van der Waals surface area contributed by atoms with Crippen molar-refractivity contribution in [3.63, 3.8) is 0 Å². The average Bonchev–Trinajstić information content (AvgIpc) is 2.65. The Kier molecular flexibility index (Phi) is 8.72. The van der Waals surface area contributed by atoms with E-state index in [2.05, 4.69) is 10.6 Å². The summed E-state index contributed by atoms with van der Waals surface area (Å²) in [7, 11) is 0. The first-order valence-corrected chi connectivity index (χ1v) is 9.48. The Morgan fingerprint density at radius 3 is 2.44 bits per heavy atom. The molecule has 0 spiro atoms. The van der Waals surface area contributed by atoms with Gasteiger partial charge >= 0.3 is 0 Å². The third-order valence-electron chi connectivity index (χ3n) is 3.55. The van der Waals surface area contributed by atoms with E-state index in [1.54, 1.807) is 24.3 Å². The fourth-order valence-electron chi connectivity index (χ4n) is 2.21. The molecule has 0 unspecified atom stereocenters. The molecule has 144 valence electrons. The number of benzene rings is 2. The number of carbonyl (C=O) groups is 2. The summed E-state index contributed by atoms with van der Waals surface area (Å²) < 4.78 is 5.52. The molecule has 2 N–H and O–H groups in total. The van der Waals surface area contributed by atoms with Gasteiger partial charge in [0, 0.05) is 24.5 Å². The predicted molar refractivity (Wildman–Crippen MR) is 108 cm³/mol. The maximum Gasteiger partial charge on any atom is 0.252 e. The molecule has 5 nitrogen and oxygen atoms in total. The zero-order valence-corrected chi connectivity index (χ0v) is 16.7. The molecule has 0 saturated carbocycles. The molecule has 0 aromatic heterocycles. The zero-order valence-electron chi connectivity index (χ0n) is 14.4. The molecule has 0 bridgehead atoms. The highest BCUT2D eigenvalue weighted by molar-refractivity contribution is 6.35. The van der Waals surface area contributed by atoms with Crippen LogP contribution in [0.5, 0.6) is 5.75 Å². The van der Waals surface area contributed by atoms with Crippen molar-refractivity contribution in [3.8, 4) is 5.75 Å². The molecule has 27 heavy (non-hydrogen) atoms. The lowest BCUT2D eigenvalue weighted by Gasteiger charge is -2.09. The third kappa shape index (κ3) is 7.29. The van der Waals surface area contributed by atoms with Crippen LogP contribution in [-0.4, -0.2) is 31.5 Å². The van der Waals surface area contributed by atoms with Gasteiger partial charge in [0.15, 0.2) is 0 Å². The van der Waals surface area contributed by atoms with Crippen molar-refractivity contribution in [3.05, 3.63) is 63.1 Å². The zero-order chi connectivity index (χ0) is 19.6. The van der Waals surface area contributed by atoms with Crippen molar-refractivity contribution in [2.24, 2.45) is 0 Å². The molecule has 2 amide bonds. The number of carbonyl (C=O) groups excluding carboxylic acids is 2. The minimum absolute atomic E-state index is 0.118. The van der Waals surface area contributed by atoms with Crippen LogP contribution in [0.3, 0.4) is 0 Å². The van der Waals surface area contributed by atoms with E-state index in [0.29, 0.717) is 52.4 Å². The Bertz CT molecular complexity index is 800. The van der Waals surface area contributed by atoms with Crippen LogP contribution in [0.15, 0.2) is 42.5 Å².